The molecule has 114 valence electrons. The van der Waals surface area contributed by atoms with Crippen molar-refractivity contribution in [3.8, 4) is 0 Å². The average molecular weight is 311 g/mol. The van der Waals surface area contributed by atoms with Crippen LogP contribution in [0.4, 0.5) is 5.69 Å². The molecule has 1 heterocycles. The molecule has 1 atom stereocenters. The summed E-state index contributed by atoms with van der Waals surface area (Å²) in [5, 5.41) is 3.36. The van der Waals surface area contributed by atoms with Gasteiger partial charge in [0.2, 0.25) is 5.91 Å². The van der Waals surface area contributed by atoms with Crippen molar-refractivity contribution in [1.82, 2.24) is 4.90 Å². The summed E-state index contributed by atoms with van der Waals surface area (Å²) >= 11 is 6.02. The topological polar surface area (TPSA) is 58.6 Å². The quantitative estimate of drug-likeness (QED) is 0.866. The van der Waals surface area contributed by atoms with Crippen LogP contribution in [0.1, 0.15) is 18.9 Å². The van der Waals surface area contributed by atoms with Crippen LogP contribution in [0.25, 0.3) is 0 Å². The van der Waals surface area contributed by atoms with Crippen molar-refractivity contribution in [2.75, 3.05) is 25.0 Å². The van der Waals surface area contributed by atoms with E-state index in [9.17, 15) is 9.59 Å². The molecule has 1 aromatic carbocycles. The van der Waals surface area contributed by atoms with Crippen LogP contribution in [0.5, 0.6) is 0 Å². The van der Waals surface area contributed by atoms with Gasteiger partial charge in [0, 0.05) is 17.3 Å². The maximum absolute atomic E-state index is 12.1. The second-order valence-electron chi connectivity index (χ2n) is 5.03. The van der Waals surface area contributed by atoms with Crippen molar-refractivity contribution in [1.29, 1.82) is 0 Å². The Morgan fingerprint density at radius 1 is 1.52 bits per heavy atom. The fourth-order valence-electron chi connectivity index (χ4n) is 2.31. The van der Waals surface area contributed by atoms with Crippen molar-refractivity contribution in [2.24, 2.45) is 0 Å². The van der Waals surface area contributed by atoms with Crippen LogP contribution in [-0.4, -0.2) is 42.5 Å². The summed E-state index contributed by atoms with van der Waals surface area (Å²) in [6.45, 7) is 5.62. The van der Waals surface area contributed by atoms with Crippen LogP contribution < -0.4 is 5.32 Å². The molecule has 0 aromatic heterocycles. The van der Waals surface area contributed by atoms with Crippen LogP contribution >= 0.6 is 11.6 Å². The number of hydrogen-bond acceptors (Lipinski definition) is 4. The summed E-state index contributed by atoms with van der Waals surface area (Å²) in [7, 11) is 0. The number of likely N-dealkylation sites (N-methyl/N-ethyl adjacent to an activating group) is 1. The number of cyclic esters (lactones) is 1. The molecular weight excluding hydrogens is 292 g/mol. The van der Waals surface area contributed by atoms with Gasteiger partial charge in [-0.2, -0.15) is 0 Å². The Balaban J connectivity index is 1.99. The van der Waals surface area contributed by atoms with E-state index in [4.69, 9.17) is 16.3 Å². The number of rotatable bonds is 4. The fourth-order valence-corrected chi connectivity index (χ4v) is 2.49. The molecule has 0 unspecified atom stereocenters. The summed E-state index contributed by atoms with van der Waals surface area (Å²) in [5.74, 6) is -0.558. The highest BCUT2D eigenvalue weighted by atomic mass is 35.5. The van der Waals surface area contributed by atoms with Crippen LogP contribution in [0, 0.1) is 6.92 Å². The first-order chi connectivity index (χ1) is 10.0. The summed E-state index contributed by atoms with van der Waals surface area (Å²) < 4.78 is 5.03. The van der Waals surface area contributed by atoms with Gasteiger partial charge in [-0.25, -0.2) is 0 Å². The van der Waals surface area contributed by atoms with Gasteiger partial charge >= 0.3 is 5.97 Å². The Bertz CT molecular complexity index is 548. The molecule has 5 nitrogen and oxygen atoms in total. The average Bonchev–Trinajstić information content (AvgIpc) is 2.45. The minimum absolute atomic E-state index is 0.0815. The normalized spacial score (nSPS) is 19.2. The van der Waals surface area contributed by atoms with Gasteiger partial charge < -0.3 is 10.1 Å². The van der Waals surface area contributed by atoms with E-state index in [1.165, 1.54) is 0 Å². The number of halogens is 1. The standard InChI is InChI=1S/C15H19ClN2O3/c1-3-18-6-7-21-15(20)13(18)9-14(19)17-11-5-4-10(2)12(16)8-11/h4-5,8,13H,3,6-7,9H2,1-2H3,(H,17,19)/t13-/m0/s1. The molecule has 0 saturated carbocycles. The smallest absolute Gasteiger partial charge is 0.323 e. The van der Waals surface area contributed by atoms with E-state index in [2.05, 4.69) is 5.32 Å². The number of morpholine rings is 1. The molecular formula is C15H19ClN2O3. The Labute approximate surface area is 129 Å². The van der Waals surface area contributed by atoms with Crippen LogP contribution in [0.2, 0.25) is 5.02 Å². The number of ether oxygens (including phenoxy) is 1. The lowest BCUT2D eigenvalue weighted by Crippen LogP contribution is -2.50. The summed E-state index contributed by atoms with van der Waals surface area (Å²) in [4.78, 5) is 25.8. The third-order valence-electron chi connectivity index (χ3n) is 3.58. The number of benzene rings is 1. The van der Waals surface area contributed by atoms with Crippen molar-refractivity contribution < 1.29 is 14.3 Å². The zero-order valence-corrected chi connectivity index (χ0v) is 12.9. The number of anilines is 1. The predicted molar refractivity (Wildman–Crippen MR) is 81.4 cm³/mol. The molecule has 2 rings (SSSR count). The largest absolute Gasteiger partial charge is 0.463 e. The lowest BCUT2D eigenvalue weighted by atomic mass is 10.1. The van der Waals surface area contributed by atoms with E-state index < -0.39 is 6.04 Å². The Kier molecular flexibility index (Phi) is 5.20. The van der Waals surface area contributed by atoms with Gasteiger partial charge in [0.15, 0.2) is 0 Å². The first-order valence-corrected chi connectivity index (χ1v) is 7.35. The molecule has 1 aliphatic rings. The van der Waals surface area contributed by atoms with Gasteiger partial charge in [0.05, 0.1) is 6.42 Å². The van der Waals surface area contributed by atoms with Gasteiger partial charge in [-0.3, -0.25) is 14.5 Å². The summed E-state index contributed by atoms with van der Waals surface area (Å²) in [6, 6.07) is 4.82. The molecule has 1 saturated heterocycles. The first kappa shape index (κ1) is 15.8. The van der Waals surface area contributed by atoms with Gasteiger partial charge in [-0.05, 0) is 31.2 Å². The predicted octanol–water partition coefficient (Wildman–Crippen LogP) is 2.22. The van der Waals surface area contributed by atoms with Crippen LogP contribution in [0.3, 0.4) is 0 Å². The lowest BCUT2D eigenvalue weighted by molar-refractivity contribution is -0.158. The Hall–Kier alpha value is -1.59. The zero-order valence-electron chi connectivity index (χ0n) is 12.2. The number of nitrogens with one attached hydrogen (secondary N) is 1. The number of aryl methyl sites for hydroxylation is 1. The van der Waals surface area contributed by atoms with E-state index in [-0.39, 0.29) is 18.3 Å². The highest BCUT2D eigenvalue weighted by molar-refractivity contribution is 6.31. The maximum Gasteiger partial charge on any atom is 0.323 e. The second-order valence-corrected chi connectivity index (χ2v) is 5.44. The Morgan fingerprint density at radius 2 is 2.29 bits per heavy atom. The van der Waals surface area contributed by atoms with Crippen LogP contribution in [0.15, 0.2) is 18.2 Å². The molecule has 6 heteroatoms. The van der Waals surface area contributed by atoms with Crippen LogP contribution in [-0.2, 0) is 14.3 Å². The van der Waals surface area contributed by atoms with E-state index in [0.717, 1.165) is 5.56 Å². The lowest BCUT2D eigenvalue weighted by Gasteiger charge is -2.32. The molecule has 21 heavy (non-hydrogen) atoms. The van der Waals surface area contributed by atoms with Crippen molar-refractivity contribution in [3.05, 3.63) is 28.8 Å². The molecule has 0 aliphatic carbocycles. The van der Waals surface area contributed by atoms with Gasteiger partial charge in [-0.15, -0.1) is 0 Å². The minimum Gasteiger partial charge on any atom is -0.463 e. The number of nitrogens with zero attached hydrogens (tertiary/aromatic N) is 1. The van der Waals surface area contributed by atoms with Gasteiger partial charge in [-0.1, -0.05) is 24.6 Å². The molecule has 1 aromatic rings. The van der Waals surface area contributed by atoms with Gasteiger partial charge in [0.25, 0.3) is 0 Å². The molecule has 0 radical (unpaired) electrons. The van der Waals surface area contributed by atoms with E-state index in [1.54, 1.807) is 12.1 Å². The molecule has 0 spiro atoms. The fraction of sp³-hybridized carbons (Fsp3) is 0.467. The minimum atomic E-state index is -0.510. The number of amides is 1. The van der Waals surface area contributed by atoms with Gasteiger partial charge in [0.1, 0.15) is 12.6 Å². The highest BCUT2D eigenvalue weighted by Gasteiger charge is 2.32. The highest BCUT2D eigenvalue weighted by Crippen LogP contribution is 2.20. The number of carbonyl (C=O) groups is 2. The monoisotopic (exact) mass is 310 g/mol. The molecule has 1 amide bonds. The molecule has 1 N–H and O–H groups in total. The third kappa shape index (κ3) is 3.95. The maximum atomic E-state index is 12.1. The van der Waals surface area contributed by atoms with Crippen molar-refractivity contribution in [3.63, 3.8) is 0 Å². The molecule has 1 fully saturated rings. The summed E-state index contributed by atoms with van der Waals surface area (Å²) in [6.07, 6.45) is 0.0815. The number of hydrogen-bond donors (Lipinski definition) is 1. The number of carbonyl (C=O) groups excluding carboxylic acids is 2. The first-order valence-electron chi connectivity index (χ1n) is 6.98. The second kappa shape index (κ2) is 6.91. The number of esters is 1. The van der Waals surface area contributed by atoms with E-state index in [1.807, 2.05) is 24.8 Å². The summed E-state index contributed by atoms with van der Waals surface area (Å²) in [5.41, 5.74) is 1.57. The van der Waals surface area contributed by atoms with E-state index in [0.29, 0.717) is 30.4 Å². The van der Waals surface area contributed by atoms with Crippen molar-refractivity contribution in [2.45, 2.75) is 26.3 Å². The van der Waals surface area contributed by atoms with E-state index >= 15 is 0 Å². The zero-order chi connectivity index (χ0) is 15.4. The molecule has 0 bridgehead atoms. The third-order valence-corrected chi connectivity index (χ3v) is 3.98. The van der Waals surface area contributed by atoms with Crippen molar-refractivity contribution >= 4 is 29.2 Å². The SMILES string of the molecule is CCN1CCOC(=O)[C@@H]1CC(=O)Nc1ccc(C)c(Cl)c1. The Morgan fingerprint density at radius 3 is 2.95 bits per heavy atom. The molecule has 1 aliphatic heterocycles.